The lowest BCUT2D eigenvalue weighted by Gasteiger charge is -2.13. The van der Waals surface area contributed by atoms with Crippen LogP contribution in [-0.4, -0.2) is 35.3 Å². The number of pyridine rings is 1. The van der Waals surface area contributed by atoms with Crippen molar-refractivity contribution in [1.82, 2.24) is 10.3 Å². The number of carbonyl (C=O) groups excluding carboxylic acids is 1. The molecule has 6 heteroatoms. The Bertz CT molecular complexity index is 639. The van der Waals surface area contributed by atoms with Gasteiger partial charge in [-0.15, -0.1) is 0 Å². The fourth-order valence-electron chi connectivity index (χ4n) is 1.67. The highest BCUT2D eigenvalue weighted by Crippen LogP contribution is 2.08. The minimum Gasteiger partial charge on any atom is -0.491 e. The van der Waals surface area contributed by atoms with Crippen LogP contribution in [0.2, 0.25) is 0 Å². The number of aromatic amines is 1. The fraction of sp³-hybridized carbons (Fsp3) is 0.200. The average molecular weight is 288 g/mol. The van der Waals surface area contributed by atoms with E-state index in [2.05, 4.69) is 10.3 Å². The maximum atomic E-state index is 11.8. The van der Waals surface area contributed by atoms with Gasteiger partial charge in [-0.05, 0) is 24.3 Å². The summed E-state index contributed by atoms with van der Waals surface area (Å²) in [5.41, 5.74) is -0.460. The summed E-state index contributed by atoms with van der Waals surface area (Å²) in [6.45, 7) is 0.0510. The van der Waals surface area contributed by atoms with Crippen molar-refractivity contribution in [1.29, 1.82) is 0 Å². The number of carbonyl (C=O) groups is 1. The highest BCUT2D eigenvalue weighted by Gasteiger charge is 2.12. The summed E-state index contributed by atoms with van der Waals surface area (Å²) in [6.07, 6.45) is 0.582. The van der Waals surface area contributed by atoms with Crippen molar-refractivity contribution in [3.05, 3.63) is 64.6 Å². The first-order chi connectivity index (χ1) is 10.2. The summed E-state index contributed by atoms with van der Waals surface area (Å²) in [5.74, 6) is 0.109. The van der Waals surface area contributed by atoms with Crippen LogP contribution in [0.5, 0.6) is 5.75 Å². The molecule has 0 aliphatic heterocycles. The molecule has 1 aromatic heterocycles. The van der Waals surface area contributed by atoms with Crippen molar-refractivity contribution in [2.24, 2.45) is 0 Å². The molecule has 1 unspecified atom stereocenters. The van der Waals surface area contributed by atoms with Gasteiger partial charge in [0.25, 0.3) is 11.5 Å². The number of rotatable bonds is 6. The second-order valence-corrected chi connectivity index (χ2v) is 4.40. The number of nitrogens with one attached hydrogen (secondary N) is 2. The van der Waals surface area contributed by atoms with Gasteiger partial charge in [-0.3, -0.25) is 9.59 Å². The second kappa shape index (κ2) is 7.25. The summed E-state index contributed by atoms with van der Waals surface area (Å²) in [7, 11) is 0. The van der Waals surface area contributed by atoms with Crippen LogP contribution in [0.3, 0.4) is 0 Å². The van der Waals surface area contributed by atoms with E-state index in [-0.39, 0.29) is 18.7 Å². The minimum atomic E-state index is -0.864. The molecule has 0 radical (unpaired) electrons. The van der Waals surface area contributed by atoms with Crippen LogP contribution in [0.1, 0.15) is 10.4 Å². The van der Waals surface area contributed by atoms with Crippen molar-refractivity contribution < 1.29 is 14.6 Å². The number of para-hydroxylation sites is 1. The Hall–Kier alpha value is -2.60. The SMILES string of the molecule is O=C(NCC(O)COc1ccccc1)c1ccc[nH]c1=O. The Morgan fingerprint density at radius 2 is 2.00 bits per heavy atom. The number of ether oxygens (including phenoxy) is 1. The first-order valence-corrected chi connectivity index (χ1v) is 6.48. The Morgan fingerprint density at radius 1 is 1.24 bits per heavy atom. The summed E-state index contributed by atoms with van der Waals surface area (Å²) in [4.78, 5) is 25.6. The summed E-state index contributed by atoms with van der Waals surface area (Å²) in [5, 5.41) is 12.2. The number of amides is 1. The van der Waals surface area contributed by atoms with E-state index < -0.39 is 17.6 Å². The number of benzene rings is 1. The van der Waals surface area contributed by atoms with Gasteiger partial charge in [0.1, 0.15) is 24.0 Å². The summed E-state index contributed by atoms with van der Waals surface area (Å²) >= 11 is 0. The molecule has 110 valence electrons. The Balaban J connectivity index is 1.79. The van der Waals surface area contributed by atoms with Crippen LogP contribution in [0.15, 0.2) is 53.5 Å². The molecule has 0 fully saturated rings. The highest BCUT2D eigenvalue weighted by molar-refractivity contribution is 5.93. The van der Waals surface area contributed by atoms with Crippen molar-refractivity contribution in [2.75, 3.05) is 13.2 Å². The molecule has 0 aliphatic rings. The average Bonchev–Trinajstić information content (AvgIpc) is 2.52. The van der Waals surface area contributed by atoms with Crippen LogP contribution in [-0.2, 0) is 0 Å². The number of hydrogen-bond donors (Lipinski definition) is 3. The monoisotopic (exact) mass is 288 g/mol. The van der Waals surface area contributed by atoms with E-state index in [1.165, 1.54) is 12.3 Å². The highest BCUT2D eigenvalue weighted by atomic mass is 16.5. The number of aromatic nitrogens is 1. The Morgan fingerprint density at radius 3 is 2.71 bits per heavy atom. The molecule has 0 aliphatic carbocycles. The molecule has 1 heterocycles. The summed E-state index contributed by atoms with van der Waals surface area (Å²) in [6, 6.07) is 12.0. The third-order valence-electron chi connectivity index (χ3n) is 2.75. The standard InChI is InChI=1S/C15H16N2O4/c18-11(10-21-12-5-2-1-3-6-12)9-17-15(20)13-7-4-8-16-14(13)19/h1-8,11,18H,9-10H2,(H,16,19)(H,17,20). The molecule has 21 heavy (non-hydrogen) atoms. The first-order valence-electron chi connectivity index (χ1n) is 6.48. The zero-order valence-corrected chi connectivity index (χ0v) is 11.3. The van der Waals surface area contributed by atoms with Gasteiger partial charge in [0.05, 0.1) is 0 Å². The molecule has 0 spiro atoms. The molecular weight excluding hydrogens is 272 g/mol. The van der Waals surface area contributed by atoms with E-state index in [1.54, 1.807) is 18.2 Å². The van der Waals surface area contributed by atoms with Gasteiger partial charge in [-0.2, -0.15) is 0 Å². The Labute approximate surface area is 121 Å². The number of aliphatic hydroxyl groups excluding tert-OH is 1. The Kier molecular flexibility index (Phi) is 5.11. The molecule has 1 amide bonds. The lowest BCUT2D eigenvalue weighted by molar-refractivity contribution is 0.0842. The van der Waals surface area contributed by atoms with Crippen LogP contribution in [0.4, 0.5) is 0 Å². The number of H-pyrrole nitrogens is 1. The smallest absolute Gasteiger partial charge is 0.260 e. The molecular formula is C15H16N2O4. The summed E-state index contributed by atoms with van der Waals surface area (Å²) < 4.78 is 5.36. The van der Waals surface area contributed by atoms with Crippen molar-refractivity contribution in [2.45, 2.75) is 6.10 Å². The zero-order valence-electron chi connectivity index (χ0n) is 11.3. The van der Waals surface area contributed by atoms with Gasteiger partial charge in [-0.25, -0.2) is 0 Å². The van der Waals surface area contributed by atoms with Crippen LogP contribution in [0.25, 0.3) is 0 Å². The molecule has 1 aromatic carbocycles. The van der Waals surface area contributed by atoms with E-state index in [0.29, 0.717) is 5.75 Å². The van der Waals surface area contributed by atoms with Gasteiger partial charge in [-0.1, -0.05) is 18.2 Å². The van der Waals surface area contributed by atoms with Gasteiger partial charge in [0, 0.05) is 12.7 Å². The molecule has 2 aromatic rings. The molecule has 0 bridgehead atoms. The third-order valence-corrected chi connectivity index (χ3v) is 2.75. The number of hydrogen-bond acceptors (Lipinski definition) is 4. The van der Waals surface area contributed by atoms with Gasteiger partial charge >= 0.3 is 0 Å². The molecule has 6 nitrogen and oxygen atoms in total. The molecule has 2 rings (SSSR count). The maximum Gasteiger partial charge on any atom is 0.260 e. The van der Waals surface area contributed by atoms with E-state index in [0.717, 1.165) is 0 Å². The van der Waals surface area contributed by atoms with Gasteiger partial charge in [0.15, 0.2) is 0 Å². The van der Waals surface area contributed by atoms with Crippen molar-refractivity contribution in [3.63, 3.8) is 0 Å². The minimum absolute atomic E-state index is 0.00000118. The van der Waals surface area contributed by atoms with E-state index in [4.69, 9.17) is 4.74 Å². The third kappa shape index (κ3) is 4.47. The molecule has 0 saturated heterocycles. The van der Waals surface area contributed by atoms with Crippen molar-refractivity contribution >= 4 is 5.91 Å². The number of aliphatic hydroxyl groups is 1. The predicted molar refractivity (Wildman–Crippen MR) is 77.3 cm³/mol. The van der Waals surface area contributed by atoms with E-state index >= 15 is 0 Å². The van der Waals surface area contributed by atoms with E-state index in [9.17, 15) is 14.7 Å². The predicted octanol–water partition coefficient (Wildman–Crippen LogP) is 0.545. The van der Waals surface area contributed by atoms with Crippen LogP contribution < -0.4 is 15.6 Å². The molecule has 1 atom stereocenters. The lowest BCUT2D eigenvalue weighted by Crippen LogP contribution is -2.37. The zero-order chi connectivity index (χ0) is 15.1. The maximum absolute atomic E-state index is 11.8. The lowest BCUT2D eigenvalue weighted by atomic mass is 10.2. The van der Waals surface area contributed by atoms with Gasteiger partial charge in [0.2, 0.25) is 0 Å². The quantitative estimate of drug-likeness (QED) is 0.723. The molecule has 3 N–H and O–H groups in total. The first kappa shape index (κ1) is 14.8. The van der Waals surface area contributed by atoms with Gasteiger partial charge < -0.3 is 20.1 Å². The van der Waals surface area contributed by atoms with Crippen LogP contribution in [0, 0.1) is 0 Å². The van der Waals surface area contributed by atoms with E-state index in [1.807, 2.05) is 18.2 Å². The fourth-order valence-corrected chi connectivity index (χ4v) is 1.67. The van der Waals surface area contributed by atoms with Crippen LogP contribution >= 0.6 is 0 Å². The largest absolute Gasteiger partial charge is 0.491 e. The topological polar surface area (TPSA) is 91.4 Å². The molecule has 0 saturated carbocycles. The normalized spacial score (nSPS) is 11.7. The van der Waals surface area contributed by atoms with Crippen molar-refractivity contribution in [3.8, 4) is 5.75 Å². The second-order valence-electron chi connectivity index (χ2n) is 4.40.